The van der Waals surface area contributed by atoms with Crippen LogP contribution in [0.3, 0.4) is 0 Å². The number of hydrogen-bond donors (Lipinski definition) is 1. The van der Waals surface area contributed by atoms with E-state index in [0.29, 0.717) is 34.3 Å². The number of ether oxygens (including phenoxy) is 2. The molecule has 2 aromatic rings. The van der Waals surface area contributed by atoms with E-state index in [4.69, 9.17) is 15.2 Å². The van der Waals surface area contributed by atoms with Gasteiger partial charge in [-0.2, -0.15) is 0 Å². The Morgan fingerprint density at radius 1 is 1.41 bits per heavy atom. The number of methoxy groups -OCH3 is 1. The van der Waals surface area contributed by atoms with Crippen LogP contribution in [0.25, 0.3) is 0 Å². The summed E-state index contributed by atoms with van der Waals surface area (Å²) in [7, 11) is 1.54. The van der Waals surface area contributed by atoms with E-state index in [9.17, 15) is 9.18 Å². The molecule has 1 aromatic carbocycles. The number of aliphatic imine (C=N–C) groups is 1. The zero-order valence-corrected chi connectivity index (χ0v) is 16.9. The monoisotopic (exact) mass is 415 g/mol. The number of pyridine rings is 1. The number of amidine groups is 1. The first-order chi connectivity index (χ1) is 14.0. The third-order valence-corrected chi connectivity index (χ3v) is 6.43. The molecule has 1 aromatic heterocycles. The number of carbonyl (C=O) groups is 1. The second-order valence-electron chi connectivity index (χ2n) is 7.22. The zero-order valence-electron chi connectivity index (χ0n) is 16.1. The van der Waals surface area contributed by atoms with Crippen molar-refractivity contribution < 1.29 is 18.7 Å². The van der Waals surface area contributed by atoms with E-state index in [0.717, 1.165) is 12.2 Å². The molecular formula is C21H22FN3O3S. The van der Waals surface area contributed by atoms with Crippen LogP contribution < -0.4 is 10.5 Å². The Kier molecular flexibility index (Phi) is 5.56. The van der Waals surface area contributed by atoms with Gasteiger partial charge >= 0.3 is 0 Å². The number of aromatic nitrogens is 1. The van der Waals surface area contributed by atoms with Crippen molar-refractivity contribution in [3.05, 3.63) is 59.2 Å². The third-order valence-electron chi connectivity index (χ3n) is 5.47. The van der Waals surface area contributed by atoms with Crippen LogP contribution in [0.15, 0.2) is 41.5 Å². The molecule has 29 heavy (non-hydrogen) atoms. The summed E-state index contributed by atoms with van der Waals surface area (Å²) in [5.41, 5.74) is 6.64. The molecule has 1 fully saturated rings. The van der Waals surface area contributed by atoms with Gasteiger partial charge in [0.25, 0.3) is 0 Å². The lowest BCUT2D eigenvalue weighted by Crippen LogP contribution is -2.48. The van der Waals surface area contributed by atoms with Crippen LogP contribution in [0.4, 0.5) is 4.39 Å². The highest BCUT2D eigenvalue weighted by Gasteiger charge is 2.47. The number of thioether (sulfide) groups is 1. The fourth-order valence-electron chi connectivity index (χ4n) is 3.88. The quantitative estimate of drug-likeness (QED) is 0.756. The van der Waals surface area contributed by atoms with Gasteiger partial charge in [-0.3, -0.25) is 4.79 Å². The molecule has 0 saturated carbocycles. The van der Waals surface area contributed by atoms with Crippen molar-refractivity contribution in [1.29, 1.82) is 0 Å². The van der Waals surface area contributed by atoms with Gasteiger partial charge in [0, 0.05) is 30.3 Å². The van der Waals surface area contributed by atoms with Crippen molar-refractivity contribution in [2.24, 2.45) is 16.6 Å². The number of rotatable bonds is 5. The first kappa shape index (κ1) is 19.8. The van der Waals surface area contributed by atoms with Crippen LogP contribution in [0.1, 0.15) is 28.0 Å². The number of carbonyl (C=O) groups excluding carboxylic acids is 1. The third kappa shape index (κ3) is 3.86. The van der Waals surface area contributed by atoms with Crippen LogP contribution in [0.2, 0.25) is 0 Å². The molecule has 0 amide bonds. The number of hydrogen-bond acceptors (Lipinski definition) is 7. The Balaban J connectivity index is 1.65. The predicted octanol–water partition coefficient (Wildman–Crippen LogP) is 2.95. The van der Waals surface area contributed by atoms with Gasteiger partial charge in [-0.25, -0.2) is 14.4 Å². The van der Waals surface area contributed by atoms with Crippen molar-refractivity contribution in [3.63, 3.8) is 0 Å². The van der Waals surface area contributed by atoms with Crippen molar-refractivity contribution in [2.45, 2.75) is 18.4 Å². The number of nitrogens with two attached hydrogens (primary N) is 1. The maximum absolute atomic E-state index is 14.9. The van der Waals surface area contributed by atoms with Gasteiger partial charge < -0.3 is 15.2 Å². The Morgan fingerprint density at radius 3 is 3.03 bits per heavy atom. The summed E-state index contributed by atoms with van der Waals surface area (Å²) in [6.45, 7) is 0.915. The summed E-state index contributed by atoms with van der Waals surface area (Å²) in [5.74, 6) is 0.983. The summed E-state index contributed by atoms with van der Waals surface area (Å²) < 4.78 is 25.7. The number of benzene rings is 1. The van der Waals surface area contributed by atoms with E-state index in [1.165, 1.54) is 24.0 Å². The highest BCUT2D eigenvalue weighted by molar-refractivity contribution is 8.13. The van der Waals surface area contributed by atoms with Crippen molar-refractivity contribution in [3.8, 4) is 5.75 Å². The summed E-state index contributed by atoms with van der Waals surface area (Å²) in [5, 5.41) is 0.440. The molecule has 3 heterocycles. The zero-order chi connectivity index (χ0) is 20.4. The molecule has 0 unspecified atom stereocenters. The molecule has 2 N–H and O–H groups in total. The van der Waals surface area contributed by atoms with Gasteiger partial charge in [0.1, 0.15) is 22.8 Å². The Bertz CT molecular complexity index is 951. The second kappa shape index (κ2) is 8.12. The number of halogens is 1. The average Bonchev–Trinajstić information content (AvgIpc) is 2.74. The molecular weight excluding hydrogens is 393 g/mol. The van der Waals surface area contributed by atoms with E-state index < -0.39 is 5.54 Å². The maximum Gasteiger partial charge on any atom is 0.185 e. The average molecular weight is 415 g/mol. The Hall–Kier alpha value is -2.45. The lowest BCUT2D eigenvalue weighted by atomic mass is 9.76. The second-order valence-corrected chi connectivity index (χ2v) is 8.26. The van der Waals surface area contributed by atoms with Crippen molar-refractivity contribution >= 4 is 22.7 Å². The predicted molar refractivity (Wildman–Crippen MR) is 110 cm³/mol. The minimum atomic E-state index is -0.838. The SMILES string of the molecule is COc1ccc(C(=O)Cc2ccc(F)c([C@]34COCC[C@H]3CSC(N)=N4)c2)nc1. The van der Waals surface area contributed by atoms with E-state index in [1.807, 2.05) is 0 Å². The van der Waals surface area contributed by atoms with Crippen LogP contribution in [-0.4, -0.2) is 42.0 Å². The number of ketones is 1. The van der Waals surface area contributed by atoms with E-state index in [1.54, 1.807) is 31.4 Å². The van der Waals surface area contributed by atoms with Crippen LogP contribution in [0.5, 0.6) is 5.75 Å². The fourth-order valence-corrected chi connectivity index (χ4v) is 4.93. The van der Waals surface area contributed by atoms with Crippen LogP contribution in [-0.2, 0) is 16.7 Å². The molecule has 0 radical (unpaired) electrons. The van der Waals surface area contributed by atoms with Crippen LogP contribution >= 0.6 is 11.8 Å². The Morgan fingerprint density at radius 2 is 2.28 bits per heavy atom. The van der Waals surface area contributed by atoms with Gasteiger partial charge in [-0.05, 0) is 36.2 Å². The number of fused-ring (bicyclic) bond motifs is 1. The van der Waals surface area contributed by atoms with Gasteiger partial charge in [-0.15, -0.1) is 0 Å². The van der Waals surface area contributed by atoms with Crippen LogP contribution in [0, 0.1) is 11.7 Å². The molecule has 0 aliphatic carbocycles. The smallest absolute Gasteiger partial charge is 0.185 e. The van der Waals surface area contributed by atoms with Gasteiger partial charge in [0.15, 0.2) is 11.0 Å². The largest absolute Gasteiger partial charge is 0.495 e. The highest BCUT2D eigenvalue weighted by atomic mass is 32.2. The molecule has 4 rings (SSSR count). The maximum atomic E-state index is 14.9. The molecule has 2 atom stereocenters. The summed E-state index contributed by atoms with van der Waals surface area (Å²) >= 11 is 1.50. The van der Waals surface area contributed by atoms with Crippen molar-refractivity contribution in [2.75, 3.05) is 26.1 Å². The first-order valence-corrected chi connectivity index (χ1v) is 10.4. The minimum absolute atomic E-state index is 0.113. The Labute approximate surface area is 172 Å². The van der Waals surface area contributed by atoms with Crippen molar-refractivity contribution in [1.82, 2.24) is 4.98 Å². The lowest BCUT2D eigenvalue weighted by molar-refractivity contribution is 0.00298. The summed E-state index contributed by atoms with van der Waals surface area (Å²) in [6.07, 6.45) is 2.41. The minimum Gasteiger partial charge on any atom is -0.495 e. The molecule has 0 spiro atoms. The molecule has 1 saturated heterocycles. The van der Waals surface area contributed by atoms with Gasteiger partial charge in [0.2, 0.25) is 0 Å². The molecule has 2 aliphatic rings. The first-order valence-electron chi connectivity index (χ1n) is 9.40. The van der Waals surface area contributed by atoms with E-state index in [2.05, 4.69) is 9.98 Å². The lowest BCUT2D eigenvalue weighted by Gasteiger charge is -2.43. The normalized spacial score (nSPS) is 23.8. The van der Waals surface area contributed by atoms with E-state index in [-0.39, 0.29) is 30.5 Å². The van der Waals surface area contributed by atoms with E-state index >= 15 is 0 Å². The molecule has 152 valence electrons. The summed E-state index contributed by atoms with van der Waals surface area (Å²) in [6, 6.07) is 8.06. The molecule has 2 aliphatic heterocycles. The number of nitrogens with zero attached hydrogens (tertiary/aromatic N) is 2. The highest BCUT2D eigenvalue weighted by Crippen LogP contribution is 2.45. The van der Waals surface area contributed by atoms with Gasteiger partial charge in [0.05, 0.1) is 19.9 Å². The standard InChI is InChI=1S/C21H22FN3O3S/c1-27-15-3-5-18(24-10-15)19(26)9-13-2-4-17(22)16(8-13)21-12-28-7-6-14(21)11-29-20(23)25-21/h2-5,8,10,14H,6-7,9,11-12H2,1H3,(H2,23,25)/t14-,21-/m0/s1. The topological polar surface area (TPSA) is 86.8 Å². The molecule has 6 nitrogen and oxygen atoms in total. The molecule has 8 heteroatoms. The molecule has 0 bridgehead atoms. The number of Topliss-reactive ketones (excluding diaryl/α,β-unsaturated/α-hetero) is 1. The summed E-state index contributed by atoms with van der Waals surface area (Å²) in [4.78, 5) is 21.4. The fraction of sp³-hybridized carbons (Fsp3) is 0.381. The van der Waals surface area contributed by atoms with Gasteiger partial charge in [-0.1, -0.05) is 17.8 Å².